The van der Waals surface area contributed by atoms with E-state index in [1.165, 1.54) is 10.4 Å². The minimum atomic E-state index is -0.299. The van der Waals surface area contributed by atoms with Crippen LogP contribution >= 0.6 is 11.3 Å². The van der Waals surface area contributed by atoms with Crippen LogP contribution in [0.2, 0.25) is 0 Å². The molecular formula is C24H26N4O2S. The number of fused-ring (bicyclic) bond motifs is 2. The molecule has 0 aliphatic carbocycles. The van der Waals surface area contributed by atoms with E-state index < -0.39 is 0 Å². The Morgan fingerprint density at radius 1 is 1.19 bits per heavy atom. The molecule has 2 aliphatic rings. The highest BCUT2D eigenvalue weighted by molar-refractivity contribution is 7.15. The fourth-order valence-corrected chi connectivity index (χ4v) is 5.75. The van der Waals surface area contributed by atoms with Crippen molar-refractivity contribution in [1.82, 2.24) is 14.9 Å². The van der Waals surface area contributed by atoms with Crippen LogP contribution in [-0.4, -0.2) is 54.6 Å². The van der Waals surface area contributed by atoms with Gasteiger partial charge in [0.25, 0.3) is 5.91 Å². The Balaban J connectivity index is 1.35. The highest BCUT2D eigenvalue weighted by Crippen LogP contribution is 2.46. The van der Waals surface area contributed by atoms with Crippen molar-refractivity contribution >= 4 is 22.9 Å². The molecule has 4 heterocycles. The molecule has 0 saturated carbocycles. The fraction of sp³-hybridized carbons (Fsp3) is 0.375. The molecule has 0 unspecified atom stereocenters. The van der Waals surface area contributed by atoms with Crippen LogP contribution in [0, 0.1) is 0 Å². The molecule has 2 aromatic heterocycles. The first-order valence-corrected chi connectivity index (χ1v) is 11.5. The van der Waals surface area contributed by atoms with Gasteiger partial charge in [0, 0.05) is 62.1 Å². The average molecular weight is 435 g/mol. The molecule has 5 rings (SSSR count). The second kappa shape index (κ2) is 8.05. The second-order valence-electron chi connectivity index (χ2n) is 8.37. The number of ether oxygens (including phenoxy) is 1. The third-order valence-corrected chi connectivity index (χ3v) is 7.51. The number of thiophene rings is 1. The summed E-state index contributed by atoms with van der Waals surface area (Å²) in [5.74, 6) is 0.0974. The quantitative estimate of drug-likeness (QED) is 0.624. The number of rotatable bonds is 3. The summed E-state index contributed by atoms with van der Waals surface area (Å²) in [7, 11) is 3.98. The van der Waals surface area contributed by atoms with E-state index in [4.69, 9.17) is 4.74 Å². The summed E-state index contributed by atoms with van der Waals surface area (Å²) in [6, 6.07) is 10.1. The highest BCUT2D eigenvalue weighted by Gasteiger charge is 2.43. The van der Waals surface area contributed by atoms with Crippen LogP contribution in [0.4, 0.5) is 5.69 Å². The van der Waals surface area contributed by atoms with E-state index in [-0.39, 0.29) is 11.5 Å². The molecular weight excluding hydrogens is 408 g/mol. The van der Waals surface area contributed by atoms with Gasteiger partial charge in [-0.05, 0) is 42.7 Å². The lowest BCUT2D eigenvalue weighted by atomic mass is 9.82. The molecule has 0 N–H and O–H groups in total. The summed E-state index contributed by atoms with van der Waals surface area (Å²) in [5.41, 5.74) is 3.67. The van der Waals surface area contributed by atoms with Crippen LogP contribution in [0.5, 0.6) is 0 Å². The minimum absolute atomic E-state index is 0.0974. The molecule has 1 fully saturated rings. The van der Waals surface area contributed by atoms with Gasteiger partial charge < -0.3 is 14.5 Å². The van der Waals surface area contributed by atoms with E-state index in [0.717, 1.165) is 47.7 Å². The monoisotopic (exact) mass is 434 g/mol. The van der Waals surface area contributed by atoms with Gasteiger partial charge in [0.1, 0.15) is 0 Å². The largest absolute Gasteiger partial charge is 0.378 e. The summed E-state index contributed by atoms with van der Waals surface area (Å²) >= 11 is 1.80. The van der Waals surface area contributed by atoms with Gasteiger partial charge in [-0.2, -0.15) is 0 Å². The lowest BCUT2D eigenvalue weighted by molar-refractivity contribution is -0.0926. The van der Waals surface area contributed by atoms with Crippen LogP contribution in [0.15, 0.2) is 48.9 Å². The van der Waals surface area contributed by atoms with E-state index in [0.29, 0.717) is 13.1 Å². The predicted molar refractivity (Wildman–Crippen MR) is 123 cm³/mol. The normalized spacial score (nSPS) is 17.4. The predicted octanol–water partition coefficient (Wildman–Crippen LogP) is 3.98. The van der Waals surface area contributed by atoms with Crippen molar-refractivity contribution < 1.29 is 9.53 Å². The molecule has 160 valence electrons. The van der Waals surface area contributed by atoms with Gasteiger partial charge in [-0.1, -0.05) is 6.07 Å². The Morgan fingerprint density at radius 2 is 2.03 bits per heavy atom. The van der Waals surface area contributed by atoms with E-state index in [9.17, 15) is 4.79 Å². The van der Waals surface area contributed by atoms with Crippen molar-refractivity contribution in [2.24, 2.45) is 0 Å². The number of piperidine rings is 1. The molecule has 6 nitrogen and oxygen atoms in total. The number of amides is 1. The fourth-order valence-electron chi connectivity index (χ4n) is 4.55. The first-order valence-electron chi connectivity index (χ1n) is 10.7. The zero-order chi connectivity index (χ0) is 21.4. The number of likely N-dealkylation sites (tertiary alicyclic amines) is 1. The summed E-state index contributed by atoms with van der Waals surface area (Å²) in [6.45, 7) is 2.12. The maximum absolute atomic E-state index is 13.1. The Morgan fingerprint density at radius 3 is 2.77 bits per heavy atom. The van der Waals surface area contributed by atoms with Crippen molar-refractivity contribution in [2.45, 2.75) is 24.9 Å². The third-order valence-electron chi connectivity index (χ3n) is 6.29. The standard InChI is InChI=1S/C24H26N4O2S/c1-27(2)18-5-3-4-17(14-18)23(29)28-11-7-24(8-12-28)19-15-22(20-16-25-9-10-26-20)31-21(19)6-13-30-24/h3-5,9-10,14-16H,6-8,11-13H2,1-2H3. The molecule has 2 aliphatic heterocycles. The van der Waals surface area contributed by atoms with Crippen molar-refractivity contribution in [3.05, 3.63) is 64.9 Å². The number of carbonyl (C=O) groups excluding carboxylic acids is 1. The van der Waals surface area contributed by atoms with Crippen LogP contribution in [0.3, 0.4) is 0 Å². The number of nitrogens with zero attached hydrogens (tertiary/aromatic N) is 4. The number of aromatic nitrogens is 2. The number of hydrogen-bond donors (Lipinski definition) is 0. The Labute approximate surface area is 186 Å². The number of carbonyl (C=O) groups is 1. The van der Waals surface area contributed by atoms with Crippen molar-refractivity contribution in [2.75, 3.05) is 38.7 Å². The van der Waals surface area contributed by atoms with Gasteiger partial charge in [0.2, 0.25) is 0 Å². The Hall–Kier alpha value is -2.77. The first kappa shape index (κ1) is 20.2. The molecule has 3 aromatic rings. The zero-order valence-corrected chi connectivity index (χ0v) is 18.7. The van der Waals surface area contributed by atoms with E-state index in [1.54, 1.807) is 23.7 Å². The summed E-state index contributed by atoms with van der Waals surface area (Å²) in [5, 5.41) is 0. The van der Waals surface area contributed by atoms with Gasteiger partial charge in [0.15, 0.2) is 0 Å². The lowest BCUT2D eigenvalue weighted by Crippen LogP contribution is -2.48. The summed E-state index contributed by atoms with van der Waals surface area (Å²) in [4.78, 5) is 28.3. The second-order valence-corrected chi connectivity index (χ2v) is 9.50. The molecule has 1 amide bonds. The van der Waals surface area contributed by atoms with Crippen LogP contribution in [0.1, 0.15) is 33.6 Å². The number of hydrogen-bond acceptors (Lipinski definition) is 6. The highest BCUT2D eigenvalue weighted by atomic mass is 32.1. The van der Waals surface area contributed by atoms with Crippen LogP contribution in [-0.2, 0) is 16.8 Å². The molecule has 0 radical (unpaired) electrons. The van der Waals surface area contributed by atoms with Gasteiger partial charge in [-0.15, -0.1) is 11.3 Å². The number of anilines is 1. The smallest absolute Gasteiger partial charge is 0.253 e. The minimum Gasteiger partial charge on any atom is -0.378 e. The first-order chi connectivity index (χ1) is 15.1. The summed E-state index contributed by atoms with van der Waals surface area (Å²) < 4.78 is 6.39. The van der Waals surface area contributed by atoms with Crippen molar-refractivity contribution in [1.29, 1.82) is 0 Å². The average Bonchev–Trinajstić information content (AvgIpc) is 3.26. The Kier molecular flexibility index (Phi) is 5.24. The maximum atomic E-state index is 13.1. The van der Waals surface area contributed by atoms with Crippen molar-refractivity contribution in [3.63, 3.8) is 0 Å². The Bertz CT molecular complexity index is 1090. The summed E-state index contributed by atoms with van der Waals surface area (Å²) in [6.07, 6.45) is 7.81. The zero-order valence-electron chi connectivity index (χ0n) is 17.9. The molecule has 0 bridgehead atoms. The van der Waals surface area contributed by atoms with Gasteiger partial charge in [-0.25, -0.2) is 0 Å². The lowest BCUT2D eigenvalue weighted by Gasteiger charge is -2.44. The van der Waals surface area contributed by atoms with Crippen molar-refractivity contribution in [3.8, 4) is 10.6 Å². The van der Waals surface area contributed by atoms with Gasteiger partial charge in [-0.3, -0.25) is 14.8 Å². The molecule has 1 spiro atoms. The molecule has 1 aromatic carbocycles. The van der Waals surface area contributed by atoms with E-state index in [2.05, 4.69) is 16.0 Å². The topological polar surface area (TPSA) is 58.6 Å². The van der Waals surface area contributed by atoms with E-state index in [1.807, 2.05) is 54.4 Å². The van der Waals surface area contributed by atoms with Crippen LogP contribution in [0.25, 0.3) is 10.6 Å². The SMILES string of the molecule is CN(C)c1cccc(C(=O)N2CCC3(CC2)OCCc2sc(-c4cnccn4)cc23)c1. The van der Waals surface area contributed by atoms with E-state index >= 15 is 0 Å². The maximum Gasteiger partial charge on any atom is 0.253 e. The third kappa shape index (κ3) is 3.72. The molecule has 0 atom stereocenters. The molecule has 1 saturated heterocycles. The van der Waals surface area contributed by atoms with Crippen LogP contribution < -0.4 is 4.90 Å². The molecule has 31 heavy (non-hydrogen) atoms. The van der Waals surface area contributed by atoms with Gasteiger partial charge >= 0.3 is 0 Å². The molecule has 7 heteroatoms. The van der Waals surface area contributed by atoms with Gasteiger partial charge in [0.05, 0.1) is 29.0 Å². The number of benzene rings is 1.